The van der Waals surface area contributed by atoms with Gasteiger partial charge in [-0.25, -0.2) is 0 Å². The van der Waals surface area contributed by atoms with Crippen LogP contribution in [0, 0.1) is 18.3 Å². The van der Waals surface area contributed by atoms with Gasteiger partial charge in [0.05, 0.1) is 12.1 Å². The van der Waals surface area contributed by atoms with E-state index in [1.54, 1.807) is 13.1 Å². The van der Waals surface area contributed by atoms with Crippen LogP contribution in [0.25, 0.3) is 0 Å². The smallest absolute Gasteiger partial charge is 0.274 e. The molecule has 1 N–H and O–H groups in total. The summed E-state index contributed by atoms with van der Waals surface area (Å²) in [4.78, 5) is 16.3. The lowest BCUT2D eigenvalue weighted by Crippen LogP contribution is -2.32. The van der Waals surface area contributed by atoms with Crippen molar-refractivity contribution in [3.8, 4) is 0 Å². The Kier molecular flexibility index (Phi) is 4.82. The van der Waals surface area contributed by atoms with Crippen molar-refractivity contribution in [2.75, 3.05) is 0 Å². The van der Waals surface area contributed by atoms with Gasteiger partial charge in [0, 0.05) is 6.21 Å². The van der Waals surface area contributed by atoms with Crippen LogP contribution in [-0.4, -0.2) is 23.7 Å². The molecule has 1 fully saturated rings. The Balaban J connectivity index is 1.94. The van der Waals surface area contributed by atoms with Crippen molar-refractivity contribution in [1.29, 1.82) is 0 Å². The standard InChI is InChI=1S/C15H21N4O/c1-4-10(3)8-13(16-5-2)15(20)17-14-9-12(18-19-14)11-6-7-11/h5,8-11H,4,6-7H2,1-3H3,(H,17,19,20)/b13-8-,16-5?. The predicted octanol–water partition coefficient (Wildman–Crippen LogP) is 2.51. The molecule has 107 valence electrons. The van der Waals surface area contributed by atoms with Gasteiger partial charge in [0.15, 0.2) is 0 Å². The molecule has 1 radical (unpaired) electrons. The van der Waals surface area contributed by atoms with E-state index in [-0.39, 0.29) is 5.91 Å². The maximum absolute atomic E-state index is 12.2. The fraction of sp³-hybridized carbons (Fsp3) is 0.533. The van der Waals surface area contributed by atoms with E-state index in [9.17, 15) is 4.79 Å². The van der Waals surface area contributed by atoms with Crippen LogP contribution in [-0.2, 0) is 4.79 Å². The van der Waals surface area contributed by atoms with E-state index < -0.39 is 0 Å². The third-order valence-electron chi connectivity index (χ3n) is 3.38. The van der Waals surface area contributed by atoms with Gasteiger partial charge in [-0.3, -0.25) is 9.79 Å². The van der Waals surface area contributed by atoms with Gasteiger partial charge in [-0.15, -0.1) is 5.10 Å². The van der Waals surface area contributed by atoms with E-state index in [0.717, 1.165) is 12.1 Å². The van der Waals surface area contributed by atoms with Gasteiger partial charge in [0.2, 0.25) is 0 Å². The third kappa shape index (κ3) is 3.85. The van der Waals surface area contributed by atoms with E-state index in [1.807, 2.05) is 12.5 Å². The van der Waals surface area contributed by atoms with E-state index >= 15 is 0 Å². The molecule has 1 heterocycles. The Bertz CT molecular complexity index is 498. The average Bonchev–Trinajstić information content (AvgIpc) is 3.19. The fourth-order valence-corrected chi connectivity index (χ4v) is 1.83. The summed E-state index contributed by atoms with van der Waals surface area (Å²) >= 11 is 0. The summed E-state index contributed by atoms with van der Waals surface area (Å²) in [6, 6.07) is 0. The van der Waals surface area contributed by atoms with Crippen LogP contribution in [0.1, 0.15) is 40.0 Å². The number of aliphatic imine (C=N–C) groups is 1. The molecule has 1 aliphatic heterocycles. The third-order valence-corrected chi connectivity index (χ3v) is 3.38. The average molecular weight is 273 g/mol. The Morgan fingerprint density at radius 3 is 2.90 bits per heavy atom. The van der Waals surface area contributed by atoms with Crippen molar-refractivity contribution in [3.63, 3.8) is 0 Å². The van der Waals surface area contributed by atoms with Crippen LogP contribution in [0.3, 0.4) is 0 Å². The highest BCUT2D eigenvalue weighted by Crippen LogP contribution is 2.32. The summed E-state index contributed by atoms with van der Waals surface area (Å²) in [7, 11) is 0. The van der Waals surface area contributed by atoms with Crippen molar-refractivity contribution in [3.05, 3.63) is 18.2 Å². The number of nitrogens with zero attached hydrogens (tertiary/aromatic N) is 3. The largest absolute Gasteiger partial charge is 0.307 e. The maximum Gasteiger partial charge on any atom is 0.274 e. The molecule has 5 nitrogen and oxygen atoms in total. The number of rotatable bonds is 5. The van der Waals surface area contributed by atoms with Crippen LogP contribution in [0.15, 0.2) is 27.0 Å². The molecular weight excluding hydrogens is 252 g/mol. The van der Waals surface area contributed by atoms with Gasteiger partial charge >= 0.3 is 0 Å². The normalized spacial score (nSPS) is 20.9. The minimum Gasteiger partial charge on any atom is -0.307 e. The lowest BCUT2D eigenvalue weighted by molar-refractivity contribution is -0.116. The molecule has 1 amide bonds. The predicted molar refractivity (Wildman–Crippen MR) is 81.7 cm³/mol. The molecular formula is C15H21N4O. The van der Waals surface area contributed by atoms with Crippen molar-refractivity contribution >= 4 is 23.7 Å². The summed E-state index contributed by atoms with van der Waals surface area (Å²) in [5.41, 5.74) is 1.41. The second-order valence-corrected chi connectivity index (χ2v) is 5.21. The molecule has 0 bridgehead atoms. The number of carbonyl (C=O) groups is 1. The first-order valence-corrected chi connectivity index (χ1v) is 7.16. The summed E-state index contributed by atoms with van der Waals surface area (Å²) < 4.78 is 0. The molecule has 1 atom stereocenters. The first-order valence-electron chi connectivity index (χ1n) is 7.16. The number of nitrogens with one attached hydrogen (secondary N) is 1. The molecule has 5 heteroatoms. The molecule has 1 unspecified atom stereocenters. The number of carbonyl (C=O) groups excluding carboxylic acids is 1. The van der Waals surface area contributed by atoms with Crippen molar-refractivity contribution < 1.29 is 4.79 Å². The van der Waals surface area contributed by atoms with Crippen LogP contribution in [0.4, 0.5) is 0 Å². The fourth-order valence-electron chi connectivity index (χ4n) is 1.83. The van der Waals surface area contributed by atoms with Gasteiger partial charge in [-0.1, -0.05) is 19.9 Å². The van der Waals surface area contributed by atoms with Crippen LogP contribution < -0.4 is 5.32 Å². The minimum atomic E-state index is -0.231. The van der Waals surface area contributed by atoms with Gasteiger partial charge < -0.3 is 5.32 Å². The Labute approximate surface area is 120 Å². The zero-order valence-electron chi connectivity index (χ0n) is 12.3. The lowest BCUT2D eigenvalue weighted by Gasteiger charge is -2.07. The SMILES string of the molecule is CC=N/C(=C\C(C)CC)C(=O)NC1=NN=C(C2CC2)[CH]1. The molecule has 0 spiro atoms. The molecule has 0 aromatic rings. The van der Waals surface area contributed by atoms with Gasteiger partial charge in [-0.2, -0.15) is 5.10 Å². The molecule has 20 heavy (non-hydrogen) atoms. The summed E-state index contributed by atoms with van der Waals surface area (Å²) in [6.07, 6.45) is 8.68. The highest BCUT2D eigenvalue weighted by atomic mass is 16.2. The first-order chi connectivity index (χ1) is 9.63. The molecule has 1 saturated carbocycles. The number of hydrogen-bond acceptors (Lipinski definition) is 4. The molecule has 2 rings (SSSR count). The van der Waals surface area contributed by atoms with Crippen molar-refractivity contribution in [1.82, 2.24) is 5.32 Å². The number of amidine groups is 1. The van der Waals surface area contributed by atoms with E-state index in [2.05, 4.69) is 34.4 Å². The van der Waals surface area contributed by atoms with Gasteiger partial charge in [-0.05, 0) is 38.0 Å². The van der Waals surface area contributed by atoms with Gasteiger partial charge in [0.1, 0.15) is 11.5 Å². The van der Waals surface area contributed by atoms with Crippen LogP contribution >= 0.6 is 0 Å². The Hall–Kier alpha value is -1.78. The zero-order valence-corrected chi connectivity index (χ0v) is 12.3. The molecule has 1 aliphatic carbocycles. The molecule has 2 aliphatic rings. The van der Waals surface area contributed by atoms with Crippen molar-refractivity contribution in [2.45, 2.75) is 40.0 Å². The number of amides is 1. The maximum atomic E-state index is 12.2. The number of allylic oxidation sites excluding steroid dienone is 1. The molecule has 0 aromatic carbocycles. The van der Waals surface area contributed by atoms with E-state index in [0.29, 0.717) is 23.4 Å². The lowest BCUT2D eigenvalue weighted by atomic mass is 10.1. The van der Waals surface area contributed by atoms with Crippen LogP contribution in [0.5, 0.6) is 0 Å². The first kappa shape index (κ1) is 14.6. The van der Waals surface area contributed by atoms with E-state index in [4.69, 9.17) is 0 Å². The van der Waals surface area contributed by atoms with E-state index in [1.165, 1.54) is 12.8 Å². The summed E-state index contributed by atoms with van der Waals surface area (Å²) in [6.45, 7) is 5.94. The molecule has 0 aromatic heterocycles. The topological polar surface area (TPSA) is 66.2 Å². The molecule has 0 saturated heterocycles. The quantitative estimate of drug-likeness (QED) is 0.607. The second kappa shape index (κ2) is 6.59. The second-order valence-electron chi connectivity index (χ2n) is 5.21. The van der Waals surface area contributed by atoms with Crippen molar-refractivity contribution in [2.24, 2.45) is 27.0 Å². The number of hydrogen-bond donors (Lipinski definition) is 1. The van der Waals surface area contributed by atoms with Crippen LogP contribution in [0.2, 0.25) is 0 Å². The monoisotopic (exact) mass is 273 g/mol. The minimum absolute atomic E-state index is 0.231. The Morgan fingerprint density at radius 2 is 2.30 bits per heavy atom. The summed E-state index contributed by atoms with van der Waals surface area (Å²) in [5.74, 6) is 1.13. The zero-order chi connectivity index (χ0) is 14.5. The Morgan fingerprint density at radius 1 is 1.55 bits per heavy atom. The summed E-state index contributed by atoms with van der Waals surface area (Å²) in [5, 5.41) is 10.9. The van der Waals surface area contributed by atoms with Gasteiger partial charge in [0.25, 0.3) is 5.91 Å². The highest BCUT2D eigenvalue weighted by Gasteiger charge is 2.31. The highest BCUT2D eigenvalue weighted by molar-refractivity contribution is 6.22.